The fourth-order valence-electron chi connectivity index (χ4n) is 1.30. The average Bonchev–Trinajstić information content (AvgIpc) is 2.86. The van der Waals surface area contributed by atoms with Crippen molar-refractivity contribution in [3.63, 3.8) is 0 Å². The number of aromatic nitrogens is 3. The molecule has 0 bridgehead atoms. The molecule has 0 atom stereocenters. The minimum absolute atomic E-state index is 0.778. The summed E-state index contributed by atoms with van der Waals surface area (Å²) in [7, 11) is 1.92. The van der Waals surface area contributed by atoms with Crippen LogP contribution in [0.5, 0.6) is 0 Å². The van der Waals surface area contributed by atoms with Crippen molar-refractivity contribution in [2.45, 2.75) is 25.3 Å². The van der Waals surface area contributed by atoms with Crippen molar-refractivity contribution >= 4 is 15.9 Å². The molecule has 4 nitrogen and oxygen atoms in total. The van der Waals surface area contributed by atoms with Crippen molar-refractivity contribution < 1.29 is 0 Å². The molecule has 0 spiro atoms. The number of halogens is 1. The van der Waals surface area contributed by atoms with E-state index < -0.39 is 0 Å². The normalized spacial score (nSPS) is 16.5. The lowest BCUT2D eigenvalue weighted by atomic mass is 10.3. The van der Waals surface area contributed by atoms with Crippen LogP contribution in [0.3, 0.4) is 0 Å². The van der Waals surface area contributed by atoms with Crippen molar-refractivity contribution in [1.29, 1.82) is 0 Å². The molecule has 1 saturated carbocycles. The first kappa shape index (κ1) is 9.15. The van der Waals surface area contributed by atoms with Gasteiger partial charge in [-0.2, -0.15) is 0 Å². The molecule has 72 valence electrons. The Bertz CT molecular complexity index is 273. The molecule has 0 saturated heterocycles. The van der Waals surface area contributed by atoms with Gasteiger partial charge in [-0.3, -0.25) is 4.68 Å². The number of rotatable bonds is 4. The summed E-state index contributed by atoms with van der Waals surface area (Å²) >= 11 is 3.38. The van der Waals surface area contributed by atoms with Crippen molar-refractivity contribution in [3.05, 3.63) is 10.3 Å². The lowest BCUT2D eigenvalue weighted by Gasteiger charge is -2.02. The van der Waals surface area contributed by atoms with Gasteiger partial charge in [-0.15, -0.1) is 5.10 Å². The first-order valence-corrected chi connectivity index (χ1v) is 5.34. The number of aryl methyl sites for hydroxylation is 1. The predicted octanol–water partition coefficient (Wildman–Crippen LogP) is 0.872. The zero-order chi connectivity index (χ0) is 9.26. The van der Waals surface area contributed by atoms with Crippen molar-refractivity contribution in [2.75, 3.05) is 6.54 Å². The summed E-state index contributed by atoms with van der Waals surface area (Å²) in [5, 5.41) is 11.3. The summed E-state index contributed by atoms with van der Waals surface area (Å²) in [6, 6.07) is 0.778. The van der Waals surface area contributed by atoms with Gasteiger partial charge in [-0.05, 0) is 28.8 Å². The van der Waals surface area contributed by atoms with E-state index in [0.29, 0.717) is 0 Å². The highest BCUT2D eigenvalue weighted by atomic mass is 79.9. The quantitative estimate of drug-likeness (QED) is 0.855. The highest BCUT2D eigenvalue weighted by Gasteiger charge is 2.20. The standard InChI is InChI=1S/C8H13BrN4/c1-13-7(8(9)11-12-13)4-5-10-6-2-3-6/h6,10H,2-5H2,1H3. The minimum atomic E-state index is 0.778. The molecule has 1 fully saturated rings. The van der Waals surface area contributed by atoms with Crippen LogP contribution in [0.2, 0.25) is 0 Å². The molecular weight excluding hydrogens is 232 g/mol. The van der Waals surface area contributed by atoms with Gasteiger partial charge in [0.2, 0.25) is 0 Å². The van der Waals surface area contributed by atoms with Gasteiger partial charge in [0.15, 0.2) is 4.60 Å². The Morgan fingerprint density at radius 1 is 1.62 bits per heavy atom. The Labute approximate surface area is 85.8 Å². The largest absolute Gasteiger partial charge is 0.314 e. The maximum absolute atomic E-state index is 3.93. The fraction of sp³-hybridized carbons (Fsp3) is 0.750. The van der Waals surface area contributed by atoms with Gasteiger partial charge in [0.1, 0.15) is 0 Å². The van der Waals surface area contributed by atoms with Crippen LogP contribution in [-0.2, 0) is 13.5 Å². The molecule has 1 aromatic rings. The molecule has 0 aromatic carbocycles. The van der Waals surface area contributed by atoms with E-state index in [1.54, 1.807) is 0 Å². The molecule has 0 aliphatic heterocycles. The third-order valence-electron chi connectivity index (χ3n) is 2.27. The summed E-state index contributed by atoms with van der Waals surface area (Å²) in [5.41, 5.74) is 1.16. The molecule has 0 radical (unpaired) electrons. The first-order chi connectivity index (χ1) is 6.27. The zero-order valence-corrected chi connectivity index (χ0v) is 9.21. The SMILES string of the molecule is Cn1nnc(Br)c1CCNC1CC1. The van der Waals surface area contributed by atoms with Gasteiger partial charge >= 0.3 is 0 Å². The Kier molecular flexibility index (Phi) is 2.64. The van der Waals surface area contributed by atoms with Crippen LogP contribution in [0.4, 0.5) is 0 Å². The van der Waals surface area contributed by atoms with Crippen LogP contribution in [0.15, 0.2) is 4.60 Å². The third-order valence-corrected chi connectivity index (χ3v) is 2.88. The topological polar surface area (TPSA) is 42.7 Å². The molecule has 13 heavy (non-hydrogen) atoms. The first-order valence-electron chi connectivity index (χ1n) is 4.55. The second kappa shape index (κ2) is 3.75. The van der Waals surface area contributed by atoms with Gasteiger partial charge in [0.05, 0.1) is 5.69 Å². The van der Waals surface area contributed by atoms with Gasteiger partial charge < -0.3 is 5.32 Å². The summed E-state index contributed by atoms with van der Waals surface area (Å²) in [5.74, 6) is 0. The second-order valence-electron chi connectivity index (χ2n) is 3.43. The van der Waals surface area contributed by atoms with E-state index in [4.69, 9.17) is 0 Å². The summed E-state index contributed by atoms with van der Waals surface area (Å²) < 4.78 is 2.69. The number of nitrogens with zero attached hydrogens (tertiary/aromatic N) is 3. The van der Waals surface area contributed by atoms with Crippen LogP contribution < -0.4 is 5.32 Å². The molecule has 2 rings (SSSR count). The van der Waals surface area contributed by atoms with Crippen LogP contribution in [-0.4, -0.2) is 27.6 Å². The summed E-state index contributed by atoms with van der Waals surface area (Å²) in [4.78, 5) is 0. The molecule has 0 amide bonds. The lowest BCUT2D eigenvalue weighted by molar-refractivity contribution is 0.631. The van der Waals surface area contributed by atoms with Gasteiger partial charge in [0, 0.05) is 26.1 Å². The van der Waals surface area contributed by atoms with E-state index in [2.05, 4.69) is 31.6 Å². The number of hydrogen-bond donors (Lipinski definition) is 1. The highest BCUT2D eigenvalue weighted by Crippen LogP contribution is 2.18. The van der Waals surface area contributed by atoms with Crippen LogP contribution >= 0.6 is 15.9 Å². The Morgan fingerprint density at radius 2 is 2.38 bits per heavy atom. The van der Waals surface area contributed by atoms with E-state index in [1.807, 2.05) is 11.7 Å². The summed E-state index contributed by atoms with van der Waals surface area (Å²) in [6.45, 7) is 1.02. The van der Waals surface area contributed by atoms with Gasteiger partial charge in [0.25, 0.3) is 0 Å². The minimum Gasteiger partial charge on any atom is -0.314 e. The molecule has 0 unspecified atom stereocenters. The highest BCUT2D eigenvalue weighted by molar-refractivity contribution is 9.10. The van der Waals surface area contributed by atoms with Gasteiger partial charge in [-0.25, -0.2) is 0 Å². The predicted molar refractivity (Wildman–Crippen MR) is 53.4 cm³/mol. The Morgan fingerprint density at radius 3 is 2.92 bits per heavy atom. The van der Waals surface area contributed by atoms with E-state index in [0.717, 1.165) is 29.3 Å². The summed E-state index contributed by atoms with van der Waals surface area (Å²) in [6.07, 6.45) is 3.66. The maximum atomic E-state index is 3.93. The van der Waals surface area contributed by atoms with Crippen LogP contribution in [0.1, 0.15) is 18.5 Å². The number of nitrogens with one attached hydrogen (secondary N) is 1. The molecular formula is C8H13BrN4. The Hall–Kier alpha value is -0.420. The van der Waals surface area contributed by atoms with Crippen molar-refractivity contribution in [1.82, 2.24) is 20.3 Å². The molecule has 1 aliphatic rings. The molecule has 1 aromatic heterocycles. The zero-order valence-electron chi connectivity index (χ0n) is 7.63. The molecule has 1 aliphatic carbocycles. The van der Waals surface area contributed by atoms with Crippen molar-refractivity contribution in [3.8, 4) is 0 Å². The maximum Gasteiger partial charge on any atom is 0.151 e. The van der Waals surface area contributed by atoms with Crippen molar-refractivity contribution in [2.24, 2.45) is 7.05 Å². The molecule has 1 N–H and O–H groups in total. The molecule has 5 heteroatoms. The average molecular weight is 245 g/mol. The van der Waals surface area contributed by atoms with Crippen LogP contribution in [0, 0.1) is 0 Å². The molecule has 1 heterocycles. The van der Waals surface area contributed by atoms with E-state index >= 15 is 0 Å². The smallest absolute Gasteiger partial charge is 0.151 e. The number of hydrogen-bond acceptors (Lipinski definition) is 3. The van der Waals surface area contributed by atoms with E-state index in [-0.39, 0.29) is 0 Å². The van der Waals surface area contributed by atoms with E-state index in [9.17, 15) is 0 Å². The Balaban J connectivity index is 1.84. The fourth-order valence-corrected chi connectivity index (χ4v) is 1.82. The third kappa shape index (κ3) is 2.28. The monoisotopic (exact) mass is 244 g/mol. The van der Waals surface area contributed by atoms with Gasteiger partial charge in [-0.1, -0.05) is 5.21 Å². The second-order valence-corrected chi connectivity index (χ2v) is 4.18. The van der Waals surface area contributed by atoms with E-state index in [1.165, 1.54) is 12.8 Å². The van der Waals surface area contributed by atoms with Crippen LogP contribution in [0.25, 0.3) is 0 Å². The lowest BCUT2D eigenvalue weighted by Crippen LogP contribution is -2.20.